The summed E-state index contributed by atoms with van der Waals surface area (Å²) in [5.74, 6) is 2.14. The maximum atomic E-state index is 12.7. The Kier molecular flexibility index (Phi) is 5.58. The van der Waals surface area contributed by atoms with Crippen molar-refractivity contribution in [1.29, 1.82) is 0 Å². The second-order valence-electron chi connectivity index (χ2n) is 6.32. The molecule has 1 N–H and O–H groups in total. The highest BCUT2D eigenvalue weighted by atomic mass is 32.1. The third kappa shape index (κ3) is 3.69. The fourth-order valence-electron chi connectivity index (χ4n) is 3.11. The van der Waals surface area contributed by atoms with Crippen molar-refractivity contribution in [2.24, 2.45) is 0 Å². The summed E-state index contributed by atoms with van der Waals surface area (Å²) in [4.78, 5) is 17.3. The van der Waals surface area contributed by atoms with Crippen LogP contribution in [0.25, 0.3) is 21.0 Å². The van der Waals surface area contributed by atoms with Crippen molar-refractivity contribution in [3.63, 3.8) is 0 Å². The predicted molar refractivity (Wildman–Crippen MR) is 115 cm³/mol. The van der Waals surface area contributed by atoms with Gasteiger partial charge in [-0.1, -0.05) is 12.1 Å². The Balaban J connectivity index is 1.50. The number of nitrogens with one attached hydrogen (secondary N) is 1. The van der Waals surface area contributed by atoms with Crippen molar-refractivity contribution in [2.75, 3.05) is 21.3 Å². The first kappa shape index (κ1) is 19.8. The van der Waals surface area contributed by atoms with Crippen LogP contribution in [0, 0.1) is 0 Å². The van der Waals surface area contributed by atoms with E-state index in [2.05, 4.69) is 10.3 Å². The zero-order valence-corrected chi connectivity index (χ0v) is 17.5. The van der Waals surface area contributed by atoms with E-state index < -0.39 is 0 Å². The first-order valence-electron chi connectivity index (χ1n) is 9.16. The fourth-order valence-corrected chi connectivity index (χ4v) is 4.04. The highest BCUT2D eigenvalue weighted by Crippen LogP contribution is 2.39. The molecular weight excluding hydrogens is 404 g/mol. The number of amides is 1. The van der Waals surface area contributed by atoms with Crippen LogP contribution in [0.3, 0.4) is 0 Å². The largest absolute Gasteiger partial charge is 0.493 e. The number of carbonyl (C=O) groups excluding carboxylic acids is 1. The zero-order chi connectivity index (χ0) is 21.1. The number of ether oxygens (including phenoxy) is 3. The number of aromatic nitrogens is 1. The summed E-state index contributed by atoms with van der Waals surface area (Å²) < 4.78 is 22.9. The lowest BCUT2D eigenvalue weighted by atomic mass is 10.1. The van der Waals surface area contributed by atoms with Crippen molar-refractivity contribution < 1.29 is 23.4 Å². The number of methoxy groups -OCH3 is 3. The second-order valence-corrected chi connectivity index (χ2v) is 7.35. The van der Waals surface area contributed by atoms with Crippen LogP contribution in [0.2, 0.25) is 0 Å². The molecule has 30 heavy (non-hydrogen) atoms. The summed E-state index contributed by atoms with van der Waals surface area (Å²) in [5.41, 5.74) is 1.28. The second kappa shape index (κ2) is 8.46. The van der Waals surface area contributed by atoms with Crippen molar-refractivity contribution in [3.8, 4) is 28.0 Å². The van der Waals surface area contributed by atoms with E-state index in [-0.39, 0.29) is 12.5 Å². The minimum Gasteiger partial charge on any atom is -0.493 e. The Morgan fingerprint density at radius 2 is 1.80 bits per heavy atom. The summed E-state index contributed by atoms with van der Waals surface area (Å²) >= 11 is 1.56. The van der Waals surface area contributed by atoms with E-state index in [1.807, 2.05) is 36.4 Å². The lowest BCUT2D eigenvalue weighted by Gasteiger charge is -2.15. The van der Waals surface area contributed by atoms with Crippen molar-refractivity contribution in [2.45, 2.75) is 6.54 Å². The lowest BCUT2D eigenvalue weighted by Crippen LogP contribution is -2.23. The van der Waals surface area contributed by atoms with E-state index in [0.717, 1.165) is 15.2 Å². The maximum absolute atomic E-state index is 12.7. The van der Waals surface area contributed by atoms with Gasteiger partial charge in [-0.3, -0.25) is 4.79 Å². The van der Waals surface area contributed by atoms with Crippen molar-refractivity contribution in [1.82, 2.24) is 10.3 Å². The number of hydrogen-bond acceptors (Lipinski definition) is 7. The molecule has 2 aromatic carbocycles. The molecule has 4 aromatic rings. The molecule has 0 fully saturated rings. The van der Waals surface area contributed by atoms with Crippen molar-refractivity contribution >= 4 is 27.5 Å². The molecule has 0 aliphatic rings. The van der Waals surface area contributed by atoms with E-state index >= 15 is 0 Å². The Labute approximate surface area is 177 Å². The van der Waals surface area contributed by atoms with Gasteiger partial charge in [-0.05, 0) is 36.4 Å². The molecule has 0 radical (unpaired) electrons. The quantitative estimate of drug-likeness (QED) is 0.470. The molecule has 0 bridgehead atoms. The summed E-state index contributed by atoms with van der Waals surface area (Å²) in [7, 11) is 4.50. The van der Waals surface area contributed by atoms with Crippen LogP contribution in [-0.4, -0.2) is 32.2 Å². The first-order valence-corrected chi connectivity index (χ1v) is 9.98. The smallest absolute Gasteiger partial charge is 0.255 e. The van der Waals surface area contributed by atoms with Gasteiger partial charge in [-0.15, -0.1) is 11.3 Å². The predicted octanol–water partition coefficient (Wildman–Crippen LogP) is 4.51. The molecule has 0 spiro atoms. The Morgan fingerprint density at radius 1 is 1.00 bits per heavy atom. The minimum absolute atomic E-state index is 0.223. The lowest BCUT2D eigenvalue weighted by molar-refractivity contribution is 0.0944. The van der Waals surface area contributed by atoms with Crippen LogP contribution in [-0.2, 0) is 6.54 Å². The summed E-state index contributed by atoms with van der Waals surface area (Å²) in [6, 6.07) is 14.9. The van der Waals surface area contributed by atoms with Gasteiger partial charge in [0.1, 0.15) is 5.76 Å². The third-order valence-electron chi connectivity index (χ3n) is 4.54. The number of thiazole rings is 1. The minimum atomic E-state index is -0.314. The van der Waals surface area contributed by atoms with E-state index in [1.54, 1.807) is 23.5 Å². The SMILES string of the molecule is COc1ccc(C(=O)NCc2ccc(-c3nc4ccccc4s3)o2)c(OC)c1OC. The van der Waals surface area contributed by atoms with E-state index in [0.29, 0.717) is 34.3 Å². The third-order valence-corrected chi connectivity index (χ3v) is 5.59. The molecule has 0 saturated heterocycles. The molecule has 0 aliphatic heterocycles. The van der Waals surface area contributed by atoms with Crippen LogP contribution < -0.4 is 19.5 Å². The van der Waals surface area contributed by atoms with Crippen LogP contribution in [0.1, 0.15) is 16.1 Å². The van der Waals surface area contributed by atoms with Gasteiger partial charge in [0.25, 0.3) is 5.91 Å². The van der Waals surface area contributed by atoms with Gasteiger partial charge in [0.05, 0.1) is 43.7 Å². The van der Waals surface area contributed by atoms with E-state index in [9.17, 15) is 4.79 Å². The summed E-state index contributed by atoms with van der Waals surface area (Å²) in [6.45, 7) is 0.223. The molecular formula is C22H20N2O5S. The number of fused-ring (bicyclic) bond motifs is 1. The van der Waals surface area contributed by atoms with Crippen LogP contribution in [0.15, 0.2) is 52.9 Å². The molecule has 0 saturated carbocycles. The van der Waals surface area contributed by atoms with Crippen LogP contribution in [0.5, 0.6) is 17.2 Å². The van der Waals surface area contributed by atoms with Crippen molar-refractivity contribution in [3.05, 3.63) is 59.9 Å². The van der Waals surface area contributed by atoms with Crippen LogP contribution >= 0.6 is 11.3 Å². The molecule has 1 amide bonds. The number of carbonyl (C=O) groups is 1. The number of para-hydroxylation sites is 1. The molecule has 8 heteroatoms. The monoisotopic (exact) mass is 424 g/mol. The highest BCUT2D eigenvalue weighted by Gasteiger charge is 2.21. The van der Waals surface area contributed by atoms with Gasteiger partial charge in [0, 0.05) is 0 Å². The number of benzene rings is 2. The summed E-state index contributed by atoms with van der Waals surface area (Å²) in [6.07, 6.45) is 0. The Morgan fingerprint density at radius 3 is 2.53 bits per heavy atom. The summed E-state index contributed by atoms with van der Waals surface area (Å²) in [5, 5.41) is 3.65. The normalized spacial score (nSPS) is 10.8. The molecule has 0 aliphatic carbocycles. The average Bonchev–Trinajstić information content (AvgIpc) is 3.42. The number of rotatable bonds is 7. The molecule has 0 atom stereocenters. The molecule has 4 rings (SSSR count). The molecule has 2 aromatic heterocycles. The molecule has 0 unspecified atom stereocenters. The Hall–Kier alpha value is -3.52. The van der Waals surface area contributed by atoms with Crippen LogP contribution in [0.4, 0.5) is 0 Å². The molecule has 154 valence electrons. The van der Waals surface area contributed by atoms with E-state index in [4.69, 9.17) is 18.6 Å². The van der Waals surface area contributed by atoms with E-state index in [1.165, 1.54) is 21.3 Å². The number of furan rings is 1. The van der Waals surface area contributed by atoms with Gasteiger partial charge in [-0.2, -0.15) is 0 Å². The number of hydrogen-bond donors (Lipinski definition) is 1. The number of nitrogens with zero attached hydrogens (tertiary/aromatic N) is 1. The van der Waals surface area contributed by atoms with Gasteiger partial charge in [0.15, 0.2) is 22.3 Å². The first-order chi connectivity index (χ1) is 14.6. The van der Waals surface area contributed by atoms with Gasteiger partial charge in [0.2, 0.25) is 5.75 Å². The molecule has 7 nitrogen and oxygen atoms in total. The topological polar surface area (TPSA) is 82.8 Å². The Bertz CT molecular complexity index is 1160. The van der Waals surface area contributed by atoms with Gasteiger partial charge >= 0.3 is 0 Å². The molecule has 2 heterocycles. The standard InChI is InChI=1S/C22H20N2O5S/c1-26-16-11-9-14(19(27-2)20(16)28-3)21(25)23-12-13-8-10-17(29-13)22-24-15-6-4-5-7-18(15)30-22/h4-11H,12H2,1-3H3,(H,23,25). The highest BCUT2D eigenvalue weighted by molar-refractivity contribution is 7.21. The zero-order valence-electron chi connectivity index (χ0n) is 16.7. The fraction of sp³-hybridized carbons (Fsp3) is 0.182. The average molecular weight is 424 g/mol. The van der Waals surface area contributed by atoms with Gasteiger partial charge < -0.3 is 23.9 Å². The maximum Gasteiger partial charge on any atom is 0.255 e. The van der Waals surface area contributed by atoms with Gasteiger partial charge in [-0.25, -0.2) is 4.98 Å².